The quantitative estimate of drug-likeness (QED) is 0.370. The molecule has 0 aliphatic heterocycles. The summed E-state index contributed by atoms with van der Waals surface area (Å²) in [4.78, 5) is 29.0. The first-order chi connectivity index (χ1) is 16.8. The van der Waals surface area contributed by atoms with E-state index in [0.29, 0.717) is 50.4 Å². The van der Waals surface area contributed by atoms with Crippen molar-refractivity contribution in [2.45, 2.75) is 38.0 Å². The van der Waals surface area contributed by atoms with Gasteiger partial charge in [0.05, 0.1) is 22.3 Å². The number of nitrogens with zero attached hydrogens (tertiary/aromatic N) is 3. The van der Waals surface area contributed by atoms with E-state index in [1.807, 2.05) is 55.8 Å². The zero-order valence-electron chi connectivity index (χ0n) is 20.5. The van der Waals surface area contributed by atoms with Gasteiger partial charge in [-0.25, -0.2) is 13.4 Å². The van der Waals surface area contributed by atoms with Crippen molar-refractivity contribution in [2.75, 3.05) is 26.2 Å². The number of imidazole rings is 1. The van der Waals surface area contributed by atoms with E-state index >= 15 is 0 Å². The Hall–Kier alpha value is -3.24. The summed E-state index contributed by atoms with van der Waals surface area (Å²) in [5, 5.41) is 5.60. The average molecular weight is 500 g/mol. The van der Waals surface area contributed by atoms with Crippen molar-refractivity contribution in [3.8, 4) is 0 Å². The van der Waals surface area contributed by atoms with E-state index in [1.165, 1.54) is 4.31 Å². The maximum Gasteiger partial charge on any atom is 0.243 e. The van der Waals surface area contributed by atoms with E-state index in [2.05, 4.69) is 15.6 Å². The summed E-state index contributed by atoms with van der Waals surface area (Å²) < 4.78 is 28.9. The smallest absolute Gasteiger partial charge is 0.243 e. The van der Waals surface area contributed by atoms with Gasteiger partial charge in [0.1, 0.15) is 5.82 Å². The molecule has 2 N–H and O–H groups in total. The molecule has 9 nitrogen and oxygen atoms in total. The van der Waals surface area contributed by atoms with Gasteiger partial charge in [-0.1, -0.05) is 44.2 Å². The highest BCUT2D eigenvalue weighted by atomic mass is 32.2. The van der Waals surface area contributed by atoms with Crippen LogP contribution in [0.15, 0.2) is 53.4 Å². The fourth-order valence-corrected chi connectivity index (χ4v) is 5.37. The van der Waals surface area contributed by atoms with E-state index in [9.17, 15) is 18.0 Å². The molecule has 3 rings (SSSR count). The second kappa shape index (κ2) is 11.9. The number of carbonyl (C=O) groups is 2. The molecule has 1 aromatic heterocycles. The summed E-state index contributed by atoms with van der Waals surface area (Å²) >= 11 is 0. The Labute approximate surface area is 206 Å². The maximum absolute atomic E-state index is 12.8. The Morgan fingerprint density at radius 2 is 1.63 bits per heavy atom. The van der Waals surface area contributed by atoms with Crippen molar-refractivity contribution in [1.29, 1.82) is 0 Å². The average Bonchev–Trinajstić information content (AvgIpc) is 3.16. The lowest BCUT2D eigenvalue weighted by atomic mass is 10.1. The molecule has 3 aromatic rings. The van der Waals surface area contributed by atoms with Crippen molar-refractivity contribution in [3.05, 3.63) is 59.9 Å². The minimum Gasteiger partial charge on any atom is -0.354 e. The van der Waals surface area contributed by atoms with Gasteiger partial charge < -0.3 is 15.2 Å². The second-order valence-corrected chi connectivity index (χ2v) is 10.1. The monoisotopic (exact) mass is 499 g/mol. The summed E-state index contributed by atoms with van der Waals surface area (Å²) in [5.74, 6) is 0.468. The molecule has 1 heterocycles. The number of hydrogen-bond donors (Lipinski definition) is 2. The number of aromatic nitrogens is 2. The lowest BCUT2D eigenvalue weighted by Gasteiger charge is -2.18. The lowest BCUT2D eigenvalue weighted by molar-refractivity contribution is -0.122. The highest BCUT2D eigenvalue weighted by Crippen LogP contribution is 2.22. The number of rotatable bonds is 12. The molecule has 0 saturated heterocycles. The van der Waals surface area contributed by atoms with Gasteiger partial charge in [-0.3, -0.25) is 9.59 Å². The molecule has 0 fully saturated rings. The summed E-state index contributed by atoms with van der Waals surface area (Å²) in [5.41, 5.74) is 2.33. The molecule has 0 spiro atoms. The molecule has 0 bridgehead atoms. The number of fused-ring (bicyclic) bond motifs is 1. The third-order valence-corrected chi connectivity index (χ3v) is 7.89. The van der Waals surface area contributed by atoms with Crippen molar-refractivity contribution in [3.63, 3.8) is 0 Å². The van der Waals surface area contributed by atoms with Crippen LogP contribution in [0, 0.1) is 0 Å². The predicted molar refractivity (Wildman–Crippen MR) is 135 cm³/mol. The van der Waals surface area contributed by atoms with Gasteiger partial charge in [0, 0.05) is 46.1 Å². The molecule has 10 heteroatoms. The number of nitrogens with one attached hydrogen (secondary N) is 2. The summed E-state index contributed by atoms with van der Waals surface area (Å²) in [7, 11) is -1.72. The molecule has 2 amide bonds. The van der Waals surface area contributed by atoms with E-state index in [4.69, 9.17) is 0 Å². The Morgan fingerprint density at radius 1 is 0.971 bits per heavy atom. The third kappa shape index (κ3) is 6.67. The van der Waals surface area contributed by atoms with Gasteiger partial charge in [-0.15, -0.1) is 0 Å². The van der Waals surface area contributed by atoms with Gasteiger partial charge in [0.25, 0.3) is 0 Å². The highest BCUT2D eigenvalue weighted by Gasteiger charge is 2.22. The second-order valence-electron chi connectivity index (χ2n) is 8.19. The van der Waals surface area contributed by atoms with E-state index in [1.54, 1.807) is 18.2 Å². The van der Waals surface area contributed by atoms with Gasteiger partial charge >= 0.3 is 0 Å². The number of amides is 2. The number of hydrogen-bond acceptors (Lipinski definition) is 5. The first kappa shape index (κ1) is 26.4. The predicted octanol–water partition coefficient (Wildman–Crippen LogP) is 2.01. The van der Waals surface area contributed by atoms with Crippen LogP contribution in [0.4, 0.5) is 0 Å². The van der Waals surface area contributed by atoms with E-state index < -0.39 is 10.0 Å². The first-order valence-electron chi connectivity index (χ1n) is 11.8. The van der Waals surface area contributed by atoms with Crippen LogP contribution < -0.4 is 10.6 Å². The normalized spacial score (nSPS) is 11.7. The van der Waals surface area contributed by atoms with Crippen LogP contribution in [-0.2, 0) is 39.5 Å². The lowest BCUT2D eigenvalue weighted by Crippen LogP contribution is -2.35. The zero-order chi connectivity index (χ0) is 25.4. The molecule has 0 aliphatic carbocycles. The molecule has 0 unspecified atom stereocenters. The largest absolute Gasteiger partial charge is 0.354 e. The molecule has 0 radical (unpaired) electrons. The Bertz CT molecular complexity index is 1270. The van der Waals surface area contributed by atoms with Crippen molar-refractivity contribution in [1.82, 2.24) is 24.5 Å². The third-order valence-electron chi connectivity index (χ3n) is 5.84. The molecular formula is C25H33N5O4S. The van der Waals surface area contributed by atoms with Crippen LogP contribution in [0.2, 0.25) is 0 Å². The minimum absolute atomic E-state index is 0.0903. The summed E-state index contributed by atoms with van der Waals surface area (Å²) in [6, 6.07) is 14.4. The Kier molecular flexibility index (Phi) is 9.00. The molecular weight excluding hydrogens is 466 g/mol. The van der Waals surface area contributed by atoms with Gasteiger partial charge in [0.2, 0.25) is 21.8 Å². The van der Waals surface area contributed by atoms with Crippen molar-refractivity contribution in [2.24, 2.45) is 7.05 Å². The minimum atomic E-state index is -3.57. The molecule has 0 saturated carbocycles. The number of benzene rings is 2. The summed E-state index contributed by atoms with van der Waals surface area (Å²) in [6.45, 7) is 5.11. The van der Waals surface area contributed by atoms with Gasteiger partial charge in [-0.05, 0) is 23.8 Å². The number of aryl methyl sites for hydroxylation is 2. The van der Waals surface area contributed by atoms with Gasteiger partial charge in [0.15, 0.2) is 0 Å². The Morgan fingerprint density at radius 3 is 2.29 bits per heavy atom. The van der Waals surface area contributed by atoms with Crippen LogP contribution in [0.25, 0.3) is 11.0 Å². The number of sulfonamides is 1. The number of carbonyl (C=O) groups excluding carboxylic acids is 2. The van der Waals surface area contributed by atoms with Crippen molar-refractivity contribution < 1.29 is 18.0 Å². The fourth-order valence-electron chi connectivity index (χ4n) is 3.89. The molecule has 2 aromatic carbocycles. The van der Waals surface area contributed by atoms with Crippen LogP contribution in [0.3, 0.4) is 0 Å². The van der Waals surface area contributed by atoms with Gasteiger partial charge in [-0.2, -0.15) is 4.31 Å². The fraction of sp³-hybridized carbons (Fsp3) is 0.400. The highest BCUT2D eigenvalue weighted by molar-refractivity contribution is 7.89. The maximum atomic E-state index is 12.8. The van der Waals surface area contributed by atoms with E-state index in [-0.39, 0.29) is 23.1 Å². The zero-order valence-corrected chi connectivity index (χ0v) is 21.3. The standard InChI is InChI=1S/C25H33N5O4S/c1-4-30(5-2)35(33,34)20-11-12-22-21(18-20)28-23(29(22)3)13-14-24(31)26-15-16-27-25(32)17-19-9-7-6-8-10-19/h6-12,18H,4-5,13-17H2,1-3H3,(H,26,31)(H,27,32). The molecule has 35 heavy (non-hydrogen) atoms. The molecule has 0 atom stereocenters. The molecule has 0 aliphatic rings. The topological polar surface area (TPSA) is 113 Å². The summed E-state index contributed by atoms with van der Waals surface area (Å²) in [6.07, 6.45) is 0.953. The first-order valence-corrected chi connectivity index (χ1v) is 13.2. The van der Waals surface area contributed by atoms with Crippen LogP contribution in [0.1, 0.15) is 31.7 Å². The van der Waals surface area contributed by atoms with E-state index in [0.717, 1.165) is 11.1 Å². The van der Waals surface area contributed by atoms with Crippen LogP contribution >= 0.6 is 0 Å². The van der Waals surface area contributed by atoms with Crippen LogP contribution in [-0.4, -0.2) is 60.3 Å². The molecule has 188 valence electrons. The Balaban J connectivity index is 1.51. The SMILES string of the molecule is CCN(CC)S(=O)(=O)c1ccc2c(c1)nc(CCC(=O)NCCNC(=O)Cc1ccccc1)n2C. The van der Waals surface area contributed by atoms with Crippen molar-refractivity contribution >= 4 is 32.9 Å². The van der Waals surface area contributed by atoms with Crippen LogP contribution in [0.5, 0.6) is 0 Å².